The van der Waals surface area contributed by atoms with Crippen molar-refractivity contribution in [3.05, 3.63) is 41.9 Å². The maximum Gasteiger partial charge on any atom is 0.121 e. The number of ether oxygens (including phenoxy) is 1. The molecule has 0 atom stereocenters. The lowest BCUT2D eigenvalue weighted by molar-refractivity contribution is 0.415. The molecule has 0 amide bonds. The zero-order chi connectivity index (χ0) is 13.2. The number of thiazole rings is 1. The fourth-order valence-corrected chi connectivity index (χ4v) is 2.59. The van der Waals surface area contributed by atoms with Crippen molar-refractivity contribution in [1.82, 2.24) is 4.98 Å². The van der Waals surface area contributed by atoms with Gasteiger partial charge in [-0.05, 0) is 30.3 Å². The first kappa shape index (κ1) is 11.8. The number of rotatable bonds is 3. The Morgan fingerprint density at radius 2 is 2.11 bits per heavy atom. The molecular weight excluding hydrogens is 258 g/mol. The number of methoxy groups -OCH3 is 1. The molecular formula is C14H13N3OS. The number of nitrogens with one attached hydrogen (secondary N) is 1. The van der Waals surface area contributed by atoms with Crippen LogP contribution in [0.15, 0.2) is 41.9 Å². The largest absolute Gasteiger partial charge is 0.497 e. The number of nitrogens with zero attached hydrogens (tertiary/aromatic N) is 1. The highest BCUT2D eigenvalue weighted by Crippen LogP contribution is 2.29. The van der Waals surface area contributed by atoms with Crippen LogP contribution < -0.4 is 15.8 Å². The third kappa shape index (κ3) is 2.32. The average Bonchev–Trinajstić information content (AvgIpc) is 2.88. The zero-order valence-electron chi connectivity index (χ0n) is 10.4. The number of hydrogen-bond donors (Lipinski definition) is 2. The fourth-order valence-electron chi connectivity index (χ4n) is 1.87. The highest BCUT2D eigenvalue weighted by atomic mass is 32.1. The molecule has 3 N–H and O–H groups in total. The van der Waals surface area contributed by atoms with Crippen LogP contribution >= 0.6 is 11.3 Å². The predicted octanol–water partition coefficient (Wildman–Crippen LogP) is 3.63. The minimum atomic E-state index is 0.656. The molecule has 4 nitrogen and oxygen atoms in total. The van der Waals surface area contributed by atoms with Crippen LogP contribution in [0.1, 0.15) is 0 Å². The summed E-state index contributed by atoms with van der Waals surface area (Å²) < 4.78 is 6.28. The van der Waals surface area contributed by atoms with Gasteiger partial charge in [0.2, 0.25) is 0 Å². The van der Waals surface area contributed by atoms with Gasteiger partial charge in [-0.3, -0.25) is 0 Å². The van der Waals surface area contributed by atoms with Crippen LogP contribution in [0.5, 0.6) is 5.75 Å². The number of aromatic nitrogens is 1. The summed E-state index contributed by atoms with van der Waals surface area (Å²) in [7, 11) is 1.62. The molecule has 0 radical (unpaired) electrons. The molecule has 0 aliphatic rings. The second-order valence-corrected chi connectivity index (χ2v) is 5.00. The summed E-state index contributed by atoms with van der Waals surface area (Å²) in [5.41, 5.74) is 11.4. The molecule has 5 heteroatoms. The third-order valence-electron chi connectivity index (χ3n) is 2.87. The molecule has 3 aromatic rings. The number of nitrogens with two attached hydrogens (primary N) is 1. The smallest absolute Gasteiger partial charge is 0.121 e. The predicted molar refractivity (Wildman–Crippen MR) is 80.3 cm³/mol. The van der Waals surface area contributed by atoms with E-state index in [1.807, 2.05) is 29.8 Å². The van der Waals surface area contributed by atoms with E-state index in [1.54, 1.807) is 24.5 Å². The molecule has 1 aromatic heterocycles. The van der Waals surface area contributed by atoms with Gasteiger partial charge < -0.3 is 15.8 Å². The minimum absolute atomic E-state index is 0.656. The first-order valence-corrected chi connectivity index (χ1v) is 6.68. The number of nitrogen functional groups attached to an aromatic ring is 1. The highest BCUT2D eigenvalue weighted by molar-refractivity contribution is 7.16. The van der Waals surface area contributed by atoms with Gasteiger partial charge in [-0.1, -0.05) is 0 Å². The van der Waals surface area contributed by atoms with E-state index in [-0.39, 0.29) is 0 Å². The van der Waals surface area contributed by atoms with Crippen LogP contribution in [0, 0.1) is 0 Å². The van der Waals surface area contributed by atoms with Crippen molar-refractivity contribution >= 4 is 38.6 Å². The minimum Gasteiger partial charge on any atom is -0.497 e. The van der Waals surface area contributed by atoms with Gasteiger partial charge in [0.05, 0.1) is 34.2 Å². The van der Waals surface area contributed by atoms with Gasteiger partial charge in [0, 0.05) is 11.8 Å². The molecule has 3 rings (SSSR count). The van der Waals surface area contributed by atoms with E-state index in [4.69, 9.17) is 10.5 Å². The summed E-state index contributed by atoms with van der Waals surface area (Å²) in [6.07, 6.45) is 0. The summed E-state index contributed by atoms with van der Waals surface area (Å²) in [5.74, 6) is 0.751. The van der Waals surface area contributed by atoms with Crippen molar-refractivity contribution in [1.29, 1.82) is 0 Å². The summed E-state index contributed by atoms with van der Waals surface area (Å²) in [4.78, 5) is 4.26. The monoisotopic (exact) mass is 271 g/mol. The molecule has 1 heterocycles. The SMILES string of the molecule is COc1ccc(Nc2ccc3ncsc3c2)c(N)c1. The first-order chi connectivity index (χ1) is 9.26. The Balaban J connectivity index is 1.91. The third-order valence-corrected chi connectivity index (χ3v) is 3.66. The molecule has 0 saturated heterocycles. The van der Waals surface area contributed by atoms with Crippen molar-refractivity contribution in [2.24, 2.45) is 0 Å². The van der Waals surface area contributed by atoms with E-state index >= 15 is 0 Å². The van der Waals surface area contributed by atoms with E-state index in [2.05, 4.69) is 16.4 Å². The Hall–Kier alpha value is -2.27. The number of fused-ring (bicyclic) bond motifs is 1. The first-order valence-electron chi connectivity index (χ1n) is 5.80. The molecule has 0 bridgehead atoms. The molecule has 0 unspecified atom stereocenters. The normalized spacial score (nSPS) is 10.6. The van der Waals surface area contributed by atoms with Crippen molar-refractivity contribution in [2.75, 3.05) is 18.2 Å². The van der Waals surface area contributed by atoms with Gasteiger partial charge in [-0.15, -0.1) is 11.3 Å². The standard InChI is InChI=1S/C14H13N3OS/c1-18-10-3-5-12(11(15)7-10)17-9-2-4-13-14(6-9)19-8-16-13/h2-8,17H,15H2,1H3. The second kappa shape index (κ2) is 4.78. The van der Waals surface area contributed by atoms with Gasteiger partial charge >= 0.3 is 0 Å². The number of anilines is 3. The Labute approximate surface area is 114 Å². The van der Waals surface area contributed by atoms with Crippen LogP contribution in [-0.2, 0) is 0 Å². The second-order valence-electron chi connectivity index (χ2n) is 4.11. The maximum absolute atomic E-state index is 5.99. The van der Waals surface area contributed by atoms with E-state index < -0.39 is 0 Å². The molecule has 0 aliphatic heterocycles. The lowest BCUT2D eigenvalue weighted by Crippen LogP contribution is -1.96. The van der Waals surface area contributed by atoms with Gasteiger partial charge in [-0.2, -0.15) is 0 Å². The number of benzene rings is 2. The molecule has 96 valence electrons. The quantitative estimate of drug-likeness (QED) is 0.714. The Kier molecular flexibility index (Phi) is 2.97. The van der Waals surface area contributed by atoms with Gasteiger partial charge in [0.15, 0.2) is 0 Å². The molecule has 0 aliphatic carbocycles. The van der Waals surface area contributed by atoms with Crippen molar-refractivity contribution in [3.63, 3.8) is 0 Å². The molecule has 2 aromatic carbocycles. The summed E-state index contributed by atoms with van der Waals surface area (Å²) in [6.45, 7) is 0. The van der Waals surface area contributed by atoms with Gasteiger partial charge in [-0.25, -0.2) is 4.98 Å². The Bertz CT molecular complexity index is 724. The van der Waals surface area contributed by atoms with Crippen LogP contribution in [0.2, 0.25) is 0 Å². The van der Waals surface area contributed by atoms with Crippen molar-refractivity contribution in [2.45, 2.75) is 0 Å². The topological polar surface area (TPSA) is 60.2 Å². The Morgan fingerprint density at radius 1 is 1.21 bits per heavy atom. The summed E-state index contributed by atoms with van der Waals surface area (Å²) >= 11 is 1.62. The van der Waals surface area contributed by atoms with Crippen molar-refractivity contribution < 1.29 is 4.74 Å². The summed E-state index contributed by atoms with van der Waals surface area (Å²) in [5, 5.41) is 3.30. The van der Waals surface area contributed by atoms with Gasteiger partial charge in [0.1, 0.15) is 5.75 Å². The van der Waals surface area contributed by atoms with Crippen LogP contribution in [-0.4, -0.2) is 12.1 Å². The lowest BCUT2D eigenvalue weighted by atomic mass is 10.2. The van der Waals surface area contributed by atoms with Crippen molar-refractivity contribution in [3.8, 4) is 5.75 Å². The fraction of sp³-hybridized carbons (Fsp3) is 0.0714. The zero-order valence-corrected chi connectivity index (χ0v) is 11.2. The van der Waals surface area contributed by atoms with E-state index in [0.717, 1.165) is 27.3 Å². The highest BCUT2D eigenvalue weighted by Gasteiger charge is 2.03. The lowest BCUT2D eigenvalue weighted by Gasteiger charge is -2.10. The van der Waals surface area contributed by atoms with E-state index in [9.17, 15) is 0 Å². The van der Waals surface area contributed by atoms with Crippen LogP contribution in [0.25, 0.3) is 10.2 Å². The molecule has 0 fully saturated rings. The number of hydrogen-bond acceptors (Lipinski definition) is 5. The Morgan fingerprint density at radius 3 is 2.89 bits per heavy atom. The average molecular weight is 271 g/mol. The van der Waals surface area contributed by atoms with E-state index in [0.29, 0.717) is 5.69 Å². The van der Waals surface area contributed by atoms with E-state index in [1.165, 1.54) is 0 Å². The van der Waals surface area contributed by atoms with Crippen LogP contribution in [0.4, 0.5) is 17.1 Å². The molecule has 0 spiro atoms. The molecule has 0 saturated carbocycles. The maximum atomic E-state index is 5.99. The molecule has 19 heavy (non-hydrogen) atoms. The van der Waals surface area contributed by atoms with Crippen LogP contribution in [0.3, 0.4) is 0 Å². The van der Waals surface area contributed by atoms with Gasteiger partial charge in [0.25, 0.3) is 0 Å². The summed E-state index contributed by atoms with van der Waals surface area (Å²) in [6, 6.07) is 11.6.